The molecule has 23 heavy (non-hydrogen) atoms. The van der Waals surface area contributed by atoms with E-state index in [0.29, 0.717) is 6.04 Å². The number of fused-ring (bicyclic) bond motifs is 2. The van der Waals surface area contributed by atoms with Gasteiger partial charge in [0.2, 0.25) is 0 Å². The lowest BCUT2D eigenvalue weighted by molar-refractivity contribution is 0.569. The number of hydrogen-bond acceptors (Lipinski definition) is 3. The van der Waals surface area contributed by atoms with E-state index >= 15 is 0 Å². The Labute approximate surface area is 136 Å². The van der Waals surface area contributed by atoms with E-state index in [4.69, 9.17) is 0 Å². The Morgan fingerprint density at radius 1 is 1.17 bits per heavy atom. The standard InChI is InChI=1S/C19H22N4/c1-14(17-7-6-16-4-2-3-5-18(16)10-17)20-11-15-12-21-19-8-9-22-23(19)13-15/h6-10,12-14,20H,2-5,11H2,1H3/t14-/m1/s1. The summed E-state index contributed by atoms with van der Waals surface area (Å²) in [5.41, 5.74) is 6.49. The number of benzene rings is 1. The zero-order valence-electron chi connectivity index (χ0n) is 13.5. The lowest BCUT2D eigenvalue weighted by Gasteiger charge is -2.20. The largest absolute Gasteiger partial charge is 0.306 e. The molecule has 1 aliphatic rings. The molecule has 1 aliphatic carbocycles. The van der Waals surface area contributed by atoms with Gasteiger partial charge >= 0.3 is 0 Å². The van der Waals surface area contributed by atoms with Crippen molar-refractivity contribution in [3.05, 3.63) is 65.1 Å². The summed E-state index contributed by atoms with van der Waals surface area (Å²) in [6, 6.07) is 9.22. The van der Waals surface area contributed by atoms with Crippen LogP contribution in [0.4, 0.5) is 0 Å². The summed E-state index contributed by atoms with van der Waals surface area (Å²) in [6.45, 7) is 3.02. The van der Waals surface area contributed by atoms with Crippen LogP contribution in [0, 0.1) is 0 Å². The predicted octanol–water partition coefficient (Wildman–Crippen LogP) is 3.46. The van der Waals surface area contributed by atoms with Crippen molar-refractivity contribution in [2.75, 3.05) is 0 Å². The van der Waals surface area contributed by atoms with Crippen LogP contribution in [0.1, 0.15) is 48.1 Å². The zero-order valence-corrected chi connectivity index (χ0v) is 13.5. The number of aryl methyl sites for hydroxylation is 2. The van der Waals surface area contributed by atoms with Crippen molar-refractivity contribution < 1.29 is 0 Å². The quantitative estimate of drug-likeness (QED) is 0.802. The number of rotatable bonds is 4. The third-order valence-corrected chi connectivity index (χ3v) is 4.79. The van der Waals surface area contributed by atoms with Crippen LogP contribution in [0.15, 0.2) is 42.9 Å². The van der Waals surface area contributed by atoms with E-state index in [1.165, 1.54) is 31.2 Å². The molecule has 0 aliphatic heterocycles. The number of aromatic nitrogens is 3. The Hall–Kier alpha value is -2.20. The van der Waals surface area contributed by atoms with Crippen LogP contribution in [0.25, 0.3) is 5.65 Å². The van der Waals surface area contributed by atoms with Gasteiger partial charge in [-0.05, 0) is 49.3 Å². The fourth-order valence-corrected chi connectivity index (χ4v) is 3.35. The molecule has 0 radical (unpaired) electrons. The smallest absolute Gasteiger partial charge is 0.154 e. The molecule has 0 amide bonds. The number of hydrogen-bond donors (Lipinski definition) is 1. The highest BCUT2D eigenvalue weighted by molar-refractivity contribution is 5.36. The van der Waals surface area contributed by atoms with E-state index in [-0.39, 0.29) is 0 Å². The molecule has 1 N–H and O–H groups in total. The second kappa shape index (κ2) is 6.13. The minimum Gasteiger partial charge on any atom is -0.306 e. The lowest BCUT2D eigenvalue weighted by atomic mass is 9.89. The van der Waals surface area contributed by atoms with Gasteiger partial charge in [0.05, 0.1) is 6.20 Å². The summed E-state index contributed by atoms with van der Waals surface area (Å²) in [5, 5.41) is 7.84. The minimum atomic E-state index is 0.329. The van der Waals surface area contributed by atoms with E-state index in [9.17, 15) is 0 Å². The van der Waals surface area contributed by atoms with Crippen LogP contribution >= 0.6 is 0 Å². The van der Waals surface area contributed by atoms with E-state index in [1.54, 1.807) is 17.3 Å². The van der Waals surface area contributed by atoms with Gasteiger partial charge in [0.25, 0.3) is 0 Å². The molecule has 0 bridgehead atoms. The number of nitrogens with zero attached hydrogens (tertiary/aromatic N) is 3. The molecule has 2 aromatic heterocycles. The highest BCUT2D eigenvalue weighted by Crippen LogP contribution is 2.24. The summed E-state index contributed by atoms with van der Waals surface area (Å²) >= 11 is 0. The predicted molar refractivity (Wildman–Crippen MR) is 91.3 cm³/mol. The minimum absolute atomic E-state index is 0.329. The first-order chi connectivity index (χ1) is 11.3. The van der Waals surface area contributed by atoms with Crippen molar-refractivity contribution in [2.24, 2.45) is 0 Å². The van der Waals surface area contributed by atoms with Crippen molar-refractivity contribution in [3.8, 4) is 0 Å². The van der Waals surface area contributed by atoms with E-state index in [2.05, 4.69) is 40.5 Å². The van der Waals surface area contributed by atoms with Gasteiger partial charge in [0.15, 0.2) is 5.65 Å². The zero-order chi connectivity index (χ0) is 15.6. The Bertz CT molecular complexity index is 821. The van der Waals surface area contributed by atoms with E-state index in [0.717, 1.165) is 17.8 Å². The molecule has 0 saturated carbocycles. The first kappa shape index (κ1) is 14.4. The van der Waals surface area contributed by atoms with Crippen molar-refractivity contribution in [1.29, 1.82) is 0 Å². The summed E-state index contributed by atoms with van der Waals surface area (Å²) in [5.74, 6) is 0. The Morgan fingerprint density at radius 2 is 2.04 bits per heavy atom. The molecule has 1 atom stereocenters. The fraction of sp³-hybridized carbons (Fsp3) is 0.368. The molecule has 2 heterocycles. The Kier molecular flexibility index (Phi) is 3.83. The van der Waals surface area contributed by atoms with E-state index < -0.39 is 0 Å². The topological polar surface area (TPSA) is 42.2 Å². The molecule has 3 aromatic rings. The van der Waals surface area contributed by atoms with Gasteiger partial charge in [-0.1, -0.05) is 18.2 Å². The van der Waals surface area contributed by atoms with Gasteiger partial charge in [-0.2, -0.15) is 5.10 Å². The molecule has 0 spiro atoms. The van der Waals surface area contributed by atoms with Crippen molar-refractivity contribution in [3.63, 3.8) is 0 Å². The first-order valence-corrected chi connectivity index (χ1v) is 8.43. The maximum absolute atomic E-state index is 4.41. The molecule has 118 valence electrons. The SMILES string of the molecule is C[C@@H](NCc1cnc2ccnn2c1)c1ccc2c(c1)CCCC2. The third kappa shape index (κ3) is 2.99. The molecule has 0 fully saturated rings. The summed E-state index contributed by atoms with van der Waals surface area (Å²) in [6.07, 6.45) is 10.9. The molecular weight excluding hydrogens is 284 g/mol. The van der Waals surface area contributed by atoms with Crippen molar-refractivity contribution in [1.82, 2.24) is 19.9 Å². The van der Waals surface area contributed by atoms with Gasteiger partial charge < -0.3 is 5.32 Å². The monoisotopic (exact) mass is 306 g/mol. The summed E-state index contributed by atoms with van der Waals surface area (Å²) < 4.78 is 1.82. The third-order valence-electron chi connectivity index (χ3n) is 4.79. The van der Waals surface area contributed by atoms with Crippen LogP contribution in [-0.2, 0) is 19.4 Å². The number of nitrogens with one attached hydrogen (secondary N) is 1. The maximum Gasteiger partial charge on any atom is 0.154 e. The van der Waals surface area contributed by atoms with Gasteiger partial charge in [-0.15, -0.1) is 0 Å². The molecule has 0 unspecified atom stereocenters. The highest BCUT2D eigenvalue weighted by atomic mass is 15.2. The van der Waals surface area contributed by atoms with Crippen LogP contribution in [0.5, 0.6) is 0 Å². The van der Waals surface area contributed by atoms with Crippen molar-refractivity contribution >= 4 is 5.65 Å². The van der Waals surface area contributed by atoms with Crippen LogP contribution in [-0.4, -0.2) is 14.6 Å². The summed E-state index contributed by atoms with van der Waals surface area (Å²) in [7, 11) is 0. The summed E-state index contributed by atoms with van der Waals surface area (Å²) in [4.78, 5) is 4.41. The van der Waals surface area contributed by atoms with Gasteiger partial charge in [-0.3, -0.25) is 0 Å². The molecule has 0 saturated heterocycles. The molecule has 4 rings (SSSR count). The average molecular weight is 306 g/mol. The van der Waals surface area contributed by atoms with Crippen molar-refractivity contribution in [2.45, 2.75) is 45.2 Å². The van der Waals surface area contributed by atoms with Crippen LogP contribution in [0.3, 0.4) is 0 Å². The average Bonchev–Trinajstić information content (AvgIpc) is 3.07. The highest BCUT2D eigenvalue weighted by Gasteiger charge is 2.12. The molecule has 4 heteroatoms. The fourth-order valence-electron chi connectivity index (χ4n) is 3.35. The van der Waals surface area contributed by atoms with Gasteiger partial charge in [0.1, 0.15) is 0 Å². The Balaban J connectivity index is 1.45. The first-order valence-electron chi connectivity index (χ1n) is 8.43. The van der Waals surface area contributed by atoms with Crippen LogP contribution in [0.2, 0.25) is 0 Å². The molecule has 4 nitrogen and oxygen atoms in total. The second-order valence-corrected chi connectivity index (χ2v) is 6.43. The normalized spacial score (nSPS) is 15.5. The van der Waals surface area contributed by atoms with Crippen LogP contribution < -0.4 is 5.32 Å². The molecule has 1 aromatic carbocycles. The lowest BCUT2D eigenvalue weighted by Crippen LogP contribution is -2.19. The van der Waals surface area contributed by atoms with E-state index in [1.807, 2.05) is 23.0 Å². The maximum atomic E-state index is 4.41. The van der Waals surface area contributed by atoms with Gasteiger partial charge in [-0.25, -0.2) is 9.50 Å². The Morgan fingerprint density at radius 3 is 2.96 bits per heavy atom. The molecular formula is C19H22N4. The van der Waals surface area contributed by atoms with Gasteiger partial charge in [0, 0.05) is 36.6 Å². The second-order valence-electron chi connectivity index (χ2n) is 6.43.